The van der Waals surface area contributed by atoms with Crippen molar-refractivity contribution in [3.8, 4) is 5.75 Å². The average Bonchev–Trinajstić information content (AvgIpc) is 2.97. The molecule has 114 valence electrons. The van der Waals surface area contributed by atoms with Gasteiger partial charge in [0.1, 0.15) is 11.9 Å². The summed E-state index contributed by atoms with van der Waals surface area (Å²) in [6.07, 6.45) is 0.808. The van der Waals surface area contributed by atoms with Crippen molar-refractivity contribution < 1.29 is 4.74 Å². The number of benzene rings is 1. The second-order valence-electron chi connectivity index (χ2n) is 6.44. The highest BCUT2D eigenvalue weighted by Gasteiger charge is 2.21. The smallest absolute Gasteiger partial charge is 0.140 e. The molecule has 2 aromatic rings. The molecule has 2 unspecified atom stereocenters. The van der Waals surface area contributed by atoms with Crippen LogP contribution in [-0.4, -0.2) is 6.04 Å². The third-order valence-electron chi connectivity index (χ3n) is 3.72. The molecule has 0 radical (unpaired) electrons. The molecule has 2 atom stereocenters. The lowest BCUT2D eigenvalue weighted by molar-refractivity contribution is 0.171. The van der Waals surface area contributed by atoms with Crippen LogP contribution in [0.4, 0.5) is 0 Å². The summed E-state index contributed by atoms with van der Waals surface area (Å²) in [7, 11) is 0. The van der Waals surface area contributed by atoms with Gasteiger partial charge in [0, 0.05) is 11.6 Å². The fourth-order valence-electron chi connectivity index (χ4n) is 2.23. The lowest BCUT2D eigenvalue weighted by Gasteiger charge is -2.24. The van der Waals surface area contributed by atoms with Crippen LogP contribution in [0.2, 0.25) is 0 Å². The van der Waals surface area contributed by atoms with Crippen molar-refractivity contribution in [2.24, 2.45) is 5.73 Å². The Morgan fingerprint density at radius 1 is 1.14 bits per heavy atom. The molecule has 1 heterocycles. The molecule has 2 nitrogen and oxygen atoms in total. The van der Waals surface area contributed by atoms with Gasteiger partial charge in [0.25, 0.3) is 0 Å². The van der Waals surface area contributed by atoms with Gasteiger partial charge in [-0.1, -0.05) is 39.8 Å². The molecule has 0 saturated carbocycles. The highest BCUT2D eigenvalue weighted by molar-refractivity contribution is 7.07. The second kappa shape index (κ2) is 6.63. The maximum Gasteiger partial charge on any atom is 0.140 e. The predicted molar refractivity (Wildman–Crippen MR) is 91.1 cm³/mol. The van der Waals surface area contributed by atoms with E-state index in [0.717, 1.165) is 17.7 Å². The normalized spacial score (nSPS) is 14.7. The van der Waals surface area contributed by atoms with Gasteiger partial charge in [-0.15, -0.1) is 0 Å². The molecule has 0 spiro atoms. The van der Waals surface area contributed by atoms with E-state index in [1.807, 2.05) is 12.1 Å². The number of rotatable bonds is 5. The Morgan fingerprint density at radius 2 is 1.81 bits per heavy atom. The van der Waals surface area contributed by atoms with Crippen LogP contribution in [0.5, 0.6) is 5.75 Å². The summed E-state index contributed by atoms with van der Waals surface area (Å²) >= 11 is 1.68. The molecule has 0 fully saturated rings. The Morgan fingerprint density at radius 3 is 2.29 bits per heavy atom. The number of nitrogens with two attached hydrogens (primary N) is 1. The Bertz CT molecular complexity index is 540. The summed E-state index contributed by atoms with van der Waals surface area (Å²) in [5.74, 6) is 0.878. The first-order chi connectivity index (χ1) is 9.91. The van der Waals surface area contributed by atoms with Crippen LogP contribution < -0.4 is 10.5 Å². The van der Waals surface area contributed by atoms with E-state index in [0.29, 0.717) is 0 Å². The van der Waals surface area contributed by atoms with E-state index < -0.39 is 0 Å². The van der Waals surface area contributed by atoms with Crippen molar-refractivity contribution in [1.82, 2.24) is 0 Å². The van der Waals surface area contributed by atoms with Crippen LogP contribution >= 0.6 is 11.3 Å². The molecule has 0 aliphatic heterocycles. The highest BCUT2D eigenvalue weighted by Crippen LogP contribution is 2.29. The topological polar surface area (TPSA) is 35.2 Å². The average molecular weight is 303 g/mol. The van der Waals surface area contributed by atoms with Gasteiger partial charge in [-0.2, -0.15) is 11.3 Å². The predicted octanol–water partition coefficient (Wildman–Crippen LogP) is 4.90. The minimum atomic E-state index is -0.0817. The van der Waals surface area contributed by atoms with Crippen LogP contribution in [0.15, 0.2) is 41.1 Å². The molecule has 0 bridgehead atoms. The molecule has 0 saturated heterocycles. The Hall–Kier alpha value is -1.32. The summed E-state index contributed by atoms with van der Waals surface area (Å²) < 4.78 is 6.16. The lowest BCUT2D eigenvalue weighted by atomic mass is 9.87. The lowest BCUT2D eigenvalue weighted by Crippen LogP contribution is -2.31. The first kappa shape index (κ1) is 16.1. The molecule has 21 heavy (non-hydrogen) atoms. The molecule has 2 rings (SSSR count). The fraction of sp³-hybridized carbons (Fsp3) is 0.444. The van der Waals surface area contributed by atoms with E-state index in [-0.39, 0.29) is 17.6 Å². The van der Waals surface area contributed by atoms with E-state index in [1.165, 1.54) is 5.56 Å². The Balaban J connectivity index is 2.17. The Kier molecular flexibility index (Phi) is 5.07. The third-order valence-corrected chi connectivity index (χ3v) is 4.42. The monoisotopic (exact) mass is 303 g/mol. The second-order valence-corrected chi connectivity index (χ2v) is 7.22. The standard InChI is InChI=1S/C18H25NOS/c1-5-16(19)17(13-10-11-21-12-13)20-15-8-6-14(7-9-15)18(2,3)4/h6-12,16-17H,5,19H2,1-4H3. The fourth-order valence-corrected chi connectivity index (χ4v) is 2.92. The van der Waals surface area contributed by atoms with Crippen molar-refractivity contribution in [3.05, 3.63) is 52.2 Å². The quantitative estimate of drug-likeness (QED) is 0.852. The summed E-state index contributed by atoms with van der Waals surface area (Å²) in [6, 6.07) is 10.5. The van der Waals surface area contributed by atoms with Gasteiger partial charge in [0.2, 0.25) is 0 Å². The minimum absolute atomic E-state index is 0.00175. The highest BCUT2D eigenvalue weighted by atomic mass is 32.1. The number of thiophene rings is 1. The molecule has 1 aromatic carbocycles. The molecule has 1 aromatic heterocycles. The van der Waals surface area contributed by atoms with Crippen molar-refractivity contribution in [2.45, 2.75) is 51.7 Å². The van der Waals surface area contributed by atoms with Crippen LogP contribution in [-0.2, 0) is 5.41 Å². The van der Waals surface area contributed by atoms with Gasteiger partial charge in [-0.25, -0.2) is 0 Å². The Labute approximate surface area is 132 Å². The summed E-state index contributed by atoms with van der Waals surface area (Å²) in [5.41, 5.74) is 8.86. The number of ether oxygens (including phenoxy) is 1. The van der Waals surface area contributed by atoms with Crippen molar-refractivity contribution in [2.75, 3.05) is 0 Å². The van der Waals surface area contributed by atoms with E-state index in [9.17, 15) is 0 Å². The first-order valence-corrected chi connectivity index (χ1v) is 8.41. The van der Waals surface area contributed by atoms with Gasteiger partial charge >= 0.3 is 0 Å². The zero-order chi connectivity index (χ0) is 15.5. The SMILES string of the molecule is CCC(N)C(Oc1ccc(C(C)(C)C)cc1)c1ccsc1. The van der Waals surface area contributed by atoms with Gasteiger partial charge in [-0.05, 0) is 46.4 Å². The van der Waals surface area contributed by atoms with Crippen molar-refractivity contribution in [1.29, 1.82) is 0 Å². The minimum Gasteiger partial charge on any atom is -0.484 e. The molecular formula is C18H25NOS. The summed E-state index contributed by atoms with van der Waals surface area (Å²) in [4.78, 5) is 0. The largest absolute Gasteiger partial charge is 0.484 e. The van der Waals surface area contributed by atoms with Gasteiger partial charge in [0.15, 0.2) is 0 Å². The summed E-state index contributed by atoms with van der Waals surface area (Å²) in [5, 5.41) is 4.18. The first-order valence-electron chi connectivity index (χ1n) is 7.46. The van der Waals surface area contributed by atoms with E-state index in [2.05, 4.69) is 56.7 Å². The van der Waals surface area contributed by atoms with Crippen LogP contribution in [0.1, 0.15) is 51.3 Å². The maximum absolute atomic E-state index is 6.24. The molecule has 0 amide bonds. The van der Waals surface area contributed by atoms with Gasteiger partial charge in [0.05, 0.1) is 0 Å². The third kappa shape index (κ3) is 4.08. The zero-order valence-corrected chi connectivity index (χ0v) is 14.1. The molecular weight excluding hydrogens is 278 g/mol. The van der Waals surface area contributed by atoms with Crippen molar-refractivity contribution in [3.63, 3.8) is 0 Å². The maximum atomic E-state index is 6.24. The summed E-state index contributed by atoms with van der Waals surface area (Å²) in [6.45, 7) is 8.73. The van der Waals surface area contributed by atoms with Gasteiger partial charge < -0.3 is 10.5 Å². The van der Waals surface area contributed by atoms with Gasteiger partial charge in [-0.3, -0.25) is 0 Å². The van der Waals surface area contributed by atoms with Crippen LogP contribution in [0.3, 0.4) is 0 Å². The van der Waals surface area contributed by atoms with E-state index in [1.54, 1.807) is 11.3 Å². The molecule has 0 aliphatic carbocycles. The van der Waals surface area contributed by atoms with Crippen LogP contribution in [0, 0.1) is 0 Å². The van der Waals surface area contributed by atoms with Crippen LogP contribution in [0.25, 0.3) is 0 Å². The molecule has 3 heteroatoms. The molecule has 2 N–H and O–H groups in total. The number of hydrogen-bond acceptors (Lipinski definition) is 3. The molecule has 0 aliphatic rings. The van der Waals surface area contributed by atoms with Crippen molar-refractivity contribution >= 4 is 11.3 Å². The zero-order valence-electron chi connectivity index (χ0n) is 13.3. The van der Waals surface area contributed by atoms with E-state index in [4.69, 9.17) is 10.5 Å². The van der Waals surface area contributed by atoms with E-state index >= 15 is 0 Å². The number of hydrogen-bond donors (Lipinski definition) is 1.